The summed E-state index contributed by atoms with van der Waals surface area (Å²) in [5.41, 5.74) is -0.205. The first kappa shape index (κ1) is 19.4. The number of aromatic nitrogens is 4. The van der Waals surface area contributed by atoms with Crippen LogP contribution in [0.25, 0.3) is 5.78 Å². The minimum absolute atomic E-state index is 0.136. The summed E-state index contributed by atoms with van der Waals surface area (Å²) in [4.78, 5) is 36.3. The Hall–Kier alpha value is -1.94. The summed E-state index contributed by atoms with van der Waals surface area (Å²) in [6.45, 7) is 8.44. The zero-order valence-corrected chi connectivity index (χ0v) is 18.0. The highest BCUT2D eigenvalue weighted by molar-refractivity contribution is 9.10. The quantitative estimate of drug-likeness (QED) is 0.656. The molecule has 152 valence electrons. The summed E-state index contributed by atoms with van der Waals surface area (Å²) in [5.74, 6) is 0.340. The van der Waals surface area contributed by atoms with E-state index in [1.54, 1.807) is 4.90 Å². The molecule has 0 saturated carbocycles. The molecular weight excluding hydrogens is 430 g/mol. The maximum absolute atomic E-state index is 13.2. The first-order chi connectivity index (χ1) is 13.1. The summed E-state index contributed by atoms with van der Waals surface area (Å²) < 4.78 is 13.5. The number of likely N-dealkylation sites (tertiary alicyclic amines) is 1. The number of rotatable bonds is 0. The normalized spacial score (nSPS) is 25.2. The van der Waals surface area contributed by atoms with Crippen molar-refractivity contribution >= 4 is 27.8 Å². The lowest BCUT2D eigenvalue weighted by molar-refractivity contribution is -0.112. The van der Waals surface area contributed by atoms with Crippen molar-refractivity contribution in [1.82, 2.24) is 24.5 Å². The molecule has 4 heterocycles. The van der Waals surface area contributed by atoms with Crippen LogP contribution in [0.2, 0.25) is 0 Å². The number of hydrogen-bond donors (Lipinski definition) is 1. The highest BCUT2D eigenvalue weighted by Crippen LogP contribution is 2.41. The van der Waals surface area contributed by atoms with Crippen LogP contribution < -0.4 is 5.56 Å². The summed E-state index contributed by atoms with van der Waals surface area (Å²) in [6.07, 6.45) is 1.25. The van der Waals surface area contributed by atoms with Crippen molar-refractivity contribution < 1.29 is 14.3 Å². The molecule has 28 heavy (non-hydrogen) atoms. The van der Waals surface area contributed by atoms with Gasteiger partial charge in [0.15, 0.2) is 4.73 Å². The van der Waals surface area contributed by atoms with E-state index in [2.05, 4.69) is 31.0 Å². The third-order valence-electron chi connectivity index (χ3n) is 5.26. The van der Waals surface area contributed by atoms with Crippen molar-refractivity contribution in [1.29, 1.82) is 0 Å². The Morgan fingerprint density at radius 1 is 1.39 bits per heavy atom. The second-order valence-corrected chi connectivity index (χ2v) is 9.21. The zero-order valence-electron chi connectivity index (χ0n) is 16.4. The highest BCUT2D eigenvalue weighted by atomic mass is 79.9. The number of piperidine rings is 1. The lowest BCUT2D eigenvalue weighted by atomic mass is 9.79. The first-order valence-corrected chi connectivity index (χ1v) is 10.2. The van der Waals surface area contributed by atoms with E-state index in [4.69, 9.17) is 9.47 Å². The van der Waals surface area contributed by atoms with Crippen LogP contribution in [0.3, 0.4) is 0 Å². The van der Waals surface area contributed by atoms with Crippen molar-refractivity contribution in [3.8, 4) is 0 Å². The van der Waals surface area contributed by atoms with Crippen LogP contribution in [-0.2, 0) is 21.5 Å². The van der Waals surface area contributed by atoms with Gasteiger partial charge in [0.25, 0.3) is 11.3 Å². The number of fused-ring (bicyclic) bond motifs is 3. The smallest absolute Gasteiger partial charge is 0.410 e. The van der Waals surface area contributed by atoms with Gasteiger partial charge in [0, 0.05) is 25.4 Å². The zero-order chi connectivity index (χ0) is 20.3. The Kier molecular flexibility index (Phi) is 4.53. The Bertz CT molecular complexity index is 994. The van der Waals surface area contributed by atoms with E-state index in [1.165, 1.54) is 4.52 Å². The lowest BCUT2D eigenvalue weighted by Crippen LogP contribution is -2.55. The fraction of sp³-hybridized carbons (Fsp3) is 0.667. The number of hydrogen-bond acceptors (Lipinski definition) is 6. The molecule has 0 aromatic carbocycles. The number of ether oxygens (including phenoxy) is 2. The van der Waals surface area contributed by atoms with Crippen LogP contribution >= 0.6 is 15.9 Å². The van der Waals surface area contributed by atoms with Crippen molar-refractivity contribution in [3.63, 3.8) is 0 Å². The standard InChI is InChI=1S/C18H24BrN5O4/c1-10-9-18(6-7-23(10)16(26)28-17(2,3)4)12-11(5-8-27-18)20-15-21-14(19)22-24(15)13(12)25/h10H,5-9H2,1-4H3,(H,20,21,22)/t10-,18?/m1/s1. The van der Waals surface area contributed by atoms with Crippen molar-refractivity contribution in [3.05, 3.63) is 26.3 Å². The second-order valence-electron chi connectivity index (χ2n) is 8.46. The molecule has 2 aliphatic rings. The number of nitrogens with one attached hydrogen (secondary N) is 1. The molecule has 1 fully saturated rings. The molecule has 1 spiro atoms. The molecule has 9 nitrogen and oxygen atoms in total. The third-order valence-corrected chi connectivity index (χ3v) is 5.61. The van der Waals surface area contributed by atoms with Gasteiger partial charge in [0.05, 0.1) is 17.9 Å². The third kappa shape index (κ3) is 3.22. The second kappa shape index (κ2) is 6.55. The molecule has 1 saturated heterocycles. The van der Waals surface area contributed by atoms with Crippen LogP contribution in [0.4, 0.5) is 4.79 Å². The predicted molar refractivity (Wildman–Crippen MR) is 104 cm³/mol. The van der Waals surface area contributed by atoms with E-state index in [9.17, 15) is 9.59 Å². The minimum atomic E-state index is -0.756. The van der Waals surface area contributed by atoms with Crippen LogP contribution in [0.5, 0.6) is 0 Å². The molecule has 2 aromatic heterocycles. The molecule has 4 rings (SSSR count). The molecule has 10 heteroatoms. The molecule has 2 aliphatic heterocycles. The van der Waals surface area contributed by atoms with Crippen molar-refractivity contribution in [2.45, 2.75) is 64.2 Å². The summed E-state index contributed by atoms with van der Waals surface area (Å²) in [7, 11) is 0. The number of nitrogens with zero attached hydrogens (tertiary/aromatic N) is 4. The monoisotopic (exact) mass is 453 g/mol. The Labute approximate surface area is 170 Å². The molecule has 1 amide bonds. The van der Waals surface area contributed by atoms with Gasteiger partial charge in [0.2, 0.25) is 0 Å². The van der Waals surface area contributed by atoms with Crippen LogP contribution in [-0.4, -0.2) is 55.4 Å². The average molecular weight is 454 g/mol. The number of amides is 1. The van der Waals surface area contributed by atoms with Gasteiger partial charge in [-0.05, 0) is 50.0 Å². The van der Waals surface area contributed by atoms with E-state index in [1.807, 2.05) is 27.7 Å². The highest BCUT2D eigenvalue weighted by Gasteiger charge is 2.48. The molecule has 1 N–H and O–H groups in total. The van der Waals surface area contributed by atoms with E-state index in [0.29, 0.717) is 48.5 Å². The summed E-state index contributed by atoms with van der Waals surface area (Å²) in [5, 5.41) is 2.87. The molecular formula is C18H24BrN5O4. The van der Waals surface area contributed by atoms with Crippen molar-refractivity contribution in [2.75, 3.05) is 13.2 Å². The fourth-order valence-electron chi connectivity index (χ4n) is 4.15. The summed E-state index contributed by atoms with van der Waals surface area (Å²) in [6, 6.07) is -0.136. The molecule has 2 atom stereocenters. The van der Waals surface area contributed by atoms with Crippen LogP contribution in [0.15, 0.2) is 9.53 Å². The van der Waals surface area contributed by atoms with E-state index < -0.39 is 11.2 Å². The van der Waals surface area contributed by atoms with Gasteiger partial charge in [-0.1, -0.05) is 0 Å². The van der Waals surface area contributed by atoms with Gasteiger partial charge in [-0.15, -0.1) is 0 Å². The summed E-state index contributed by atoms with van der Waals surface area (Å²) >= 11 is 3.26. The van der Waals surface area contributed by atoms with E-state index in [-0.39, 0.29) is 17.7 Å². The van der Waals surface area contributed by atoms with Gasteiger partial charge in [0.1, 0.15) is 11.2 Å². The maximum atomic E-state index is 13.2. The van der Waals surface area contributed by atoms with E-state index in [0.717, 1.165) is 5.69 Å². The number of aromatic amines is 1. The molecule has 0 aliphatic carbocycles. The maximum Gasteiger partial charge on any atom is 0.410 e. The van der Waals surface area contributed by atoms with Crippen LogP contribution in [0.1, 0.15) is 51.8 Å². The van der Waals surface area contributed by atoms with E-state index >= 15 is 0 Å². The molecule has 0 radical (unpaired) electrons. The van der Waals surface area contributed by atoms with Gasteiger partial charge in [-0.3, -0.25) is 9.89 Å². The minimum Gasteiger partial charge on any atom is -0.444 e. The van der Waals surface area contributed by atoms with Crippen molar-refractivity contribution in [2.24, 2.45) is 0 Å². The van der Waals surface area contributed by atoms with Crippen LogP contribution in [0, 0.1) is 0 Å². The number of H-pyrrole nitrogens is 1. The largest absolute Gasteiger partial charge is 0.444 e. The van der Waals surface area contributed by atoms with Gasteiger partial charge < -0.3 is 14.4 Å². The van der Waals surface area contributed by atoms with Gasteiger partial charge in [-0.2, -0.15) is 9.50 Å². The Balaban J connectivity index is 1.69. The van der Waals surface area contributed by atoms with Gasteiger partial charge >= 0.3 is 6.09 Å². The lowest BCUT2D eigenvalue weighted by Gasteiger charge is -2.47. The number of carbonyl (C=O) groups excluding carboxylic acids is 1. The average Bonchev–Trinajstić information content (AvgIpc) is 2.94. The number of carbonyl (C=O) groups is 1. The molecule has 0 bridgehead atoms. The Morgan fingerprint density at radius 2 is 2.14 bits per heavy atom. The fourth-order valence-corrected chi connectivity index (χ4v) is 4.48. The predicted octanol–water partition coefficient (Wildman–Crippen LogP) is 2.37. The SMILES string of the molecule is C[C@@H]1CC2(CCN1C(=O)OC(C)(C)C)OCCc1nc3nc(Br)[nH]n3c(=O)c12. The molecule has 1 unspecified atom stereocenters. The number of halogens is 1. The first-order valence-electron chi connectivity index (χ1n) is 9.41. The van der Waals surface area contributed by atoms with Gasteiger partial charge in [-0.25, -0.2) is 9.78 Å². The topological polar surface area (TPSA) is 102 Å². The Morgan fingerprint density at radius 3 is 2.82 bits per heavy atom. The molecule has 2 aromatic rings.